The molecule has 1 spiro atoms. The fourth-order valence-corrected chi connectivity index (χ4v) is 11.3. The highest BCUT2D eigenvalue weighted by Crippen LogP contribution is 2.61. The molecule has 68 heavy (non-hydrogen) atoms. The van der Waals surface area contributed by atoms with E-state index < -0.39 is 5.41 Å². The van der Waals surface area contributed by atoms with E-state index in [1.807, 2.05) is 12.1 Å². The van der Waals surface area contributed by atoms with Gasteiger partial charge in [0.05, 0.1) is 16.8 Å². The third-order valence-electron chi connectivity index (χ3n) is 14.3. The number of hydrogen-bond acceptors (Lipinski definition) is 3. The number of hydrogen-bond donors (Lipinski definition) is 0. The van der Waals surface area contributed by atoms with Crippen LogP contribution in [0.2, 0.25) is 0 Å². The molecule has 316 valence electrons. The third-order valence-corrected chi connectivity index (χ3v) is 14.3. The first-order valence-electron chi connectivity index (χ1n) is 23.3. The molecule has 12 aromatic rings. The quantitative estimate of drug-likeness (QED) is 0.173. The van der Waals surface area contributed by atoms with Crippen LogP contribution in [-0.4, -0.2) is 9.97 Å². The van der Waals surface area contributed by atoms with Crippen molar-refractivity contribution in [2.75, 3.05) is 0 Å². The Morgan fingerprint density at radius 3 is 1.34 bits per heavy atom. The molecule has 0 amide bonds. The second-order valence-electron chi connectivity index (χ2n) is 18.0. The molecule has 0 saturated heterocycles. The largest absolute Gasteiger partial charge is 0.456 e. The second-order valence-corrected chi connectivity index (χ2v) is 18.0. The predicted molar refractivity (Wildman–Crippen MR) is 278 cm³/mol. The van der Waals surface area contributed by atoms with Gasteiger partial charge in [-0.3, -0.25) is 0 Å². The van der Waals surface area contributed by atoms with Crippen LogP contribution < -0.4 is 0 Å². The van der Waals surface area contributed by atoms with Crippen molar-refractivity contribution in [1.82, 2.24) is 9.97 Å². The summed E-state index contributed by atoms with van der Waals surface area (Å²) in [4.78, 5) is 10.9. The molecule has 10 aromatic carbocycles. The summed E-state index contributed by atoms with van der Waals surface area (Å²) in [6, 6.07) is 87.8. The number of fused-ring (bicyclic) bond motifs is 15. The summed E-state index contributed by atoms with van der Waals surface area (Å²) < 4.78 is 6.29. The van der Waals surface area contributed by atoms with Gasteiger partial charge in [0.1, 0.15) is 11.2 Å². The summed E-state index contributed by atoms with van der Waals surface area (Å²) >= 11 is 0. The fraction of sp³-hybridized carbons (Fsp3) is 0.0154. The van der Waals surface area contributed by atoms with Crippen LogP contribution in [0.4, 0.5) is 0 Å². The molecule has 2 aromatic heterocycles. The van der Waals surface area contributed by atoms with Crippen LogP contribution in [0.5, 0.6) is 0 Å². The molecule has 0 bridgehead atoms. The van der Waals surface area contributed by atoms with Crippen LogP contribution in [0.1, 0.15) is 22.3 Å². The van der Waals surface area contributed by atoms with Gasteiger partial charge in [0.2, 0.25) is 0 Å². The average molecular weight is 865 g/mol. The summed E-state index contributed by atoms with van der Waals surface area (Å²) in [5, 5.41) is 2.11. The van der Waals surface area contributed by atoms with Gasteiger partial charge in [0, 0.05) is 27.5 Å². The maximum Gasteiger partial charge on any atom is 0.160 e. The van der Waals surface area contributed by atoms with Gasteiger partial charge in [-0.2, -0.15) is 0 Å². The lowest BCUT2D eigenvalue weighted by molar-refractivity contribution is 0.669. The topological polar surface area (TPSA) is 38.9 Å². The Hall–Kier alpha value is -8.92. The Labute approximate surface area is 394 Å². The lowest BCUT2D eigenvalue weighted by Gasteiger charge is -2.35. The highest BCUT2D eigenvalue weighted by atomic mass is 16.3. The number of nitrogens with zero attached hydrogens (tertiary/aromatic N) is 2. The zero-order chi connectivity index (χ0) is 44.8. The average Bonchev–Trinajstić information content (AvgIpc) is 3.91. The van der Waals surface area contributed by atoms with E-state index in [0.717, 1.165) is 72.3 Å². The first kappa shape index (κ1) is 38.4. The first-order chi connectivity index (χ1) is 33.7. The van der Waals surface area contributed by atoms with E-state index >= 15 is 0 Å². The number of aromatic nitrogens is 2. The molecule has 2 aliphatic carbocycles. The van der Waals surface area contributed by atoms with Crippen LogP contribution in [0.15, 0.2) is 247 Å². The van der Waals surface area contributed by atoms with Crippen molar-refractivity contribution in [3.05, 3.63) is 265 Å². The van der Waals surface area contributed by atoms with E-state index in [1.165, 1.54) is 55.6 Å². The molecule has 0 unspecified atom stereocenters. The van der Waals surface area contributed by atoms with Gasteiger partial charge in [-0.25, -0.2) is 9.97 Å². The van der Waals surface area contributed by atoms with Gasteiger partial charge in [-0.1, -0.05) is 188 Å². The van der Waals surface area contributed by atoms with E-state index in [0.29, 0.717) is 5.82 Å². The minimum absolute atomic E-state index is 0.562. The third kappa shape index (κ3) is 5.79. The van der Waals surface area contributed by atoms with Crippen molar-refractivity contribution in [1.29, 1.82) is 0 Å². The van der Waals surface area contributed by atoms with Crippen LogP contribution in [0.25, 0.3) is 111 Å². The summed E-state index contributed by atoms with van der Waals surface area (Å²) in [5.74, 6) is 0.651. The lowest BCUT2D eigenvalue weighted by Crippen LogP contribution is -2.29. The Morgan fingerprint density at radius 1 is 0.265 bits per heavy atom. The van der Waals surface area contributed by atoms with Crippen molar-refractivity contribution >= 4 is 21.9 Å². The SMILES string of the molecule is c1ccc(-c2cc(-c3ccccc3)cc(-c3cc(-c4ccc5c(c4)-c4ccccc4C54c5ccccc5-c5ccccc5-c5ccccc54)nc(-c4ccc5oc6ccccc6c5c4)n3)c2)cc1. The zero-order valence-electron chi connectivity index (χ0n) is 36.9. The summed E-state index contributed by atoms with van der Waals surface area (Å²) in [5.41, 5.74) is 22.9. The molecule has 0 N–H and O–H groups in total. The lowest BCUT2D eigenvalue weighted by atomic mass is 9.66. The molecule has 3 nitrogen and oxygen atoms in total. The maximum absolute atomic E-state index is 6.29. The van der Waals surface area contributed by atoms with Crippen molar-refractivity contribution in [3.8, 4) is 89.5 Å². The number of benzene rings is 10. The molecular formula is C65H40N2O. The van der Waals surface area contributed by atoms with Crippen molar-refractivity contribution in [2.45, 2.75) is 5.41 Å². The highest BCUT2D eigenvalue weighted by Gasteiger charge is 2.49. The number of rotatable bonds is 5. The molecule has 2 aliphatic rings. The zero-order valence-corrected chi connectivity index (χ0v) is 36.9. The molecule has 0 radical (unpaired) electrons. The first-order valence-corrected chi connectivity index (χ1v) is 23.3. The van der Waals surface area contributed by atoms with Crippen LogP contribution in [0, 0.1) is 0 Å². The van der Waals surface area contributed by atoms with Gasteiger partial charge in [0.25, 0.3) is 0 Å². The molecule has 2 heterocycles. The van der Waals surface area contributed by atoms with E-state index in [1.54, 1.807) is 0 Å². The molecule has 3 heteroatoms. The van der Waals surface area contributed by atoms with Crippen molar-refractivity contribution in [3.63, 3.8) is 0 Å². The van der Waals surface area contributed by atoms with Gasteiger partial charge in [-0.15, -0.1) is 0 Å². The van der Waals surface area contributed by atoms with E-state index in [4.69, 9.17) is 14.4 Å². The second kappa shape index (κ2) is 15.1. The normalized spacial score (nSPS) is 12.8. The predicted octanol–water partition coefficient (Wildman–Crippen LogP) is 16.7. The van der Waals surface area contributed by atoms with Gasteiger partial charge in [-0.05, 0) is 132 Å². The van der Waals surface area contributed by atoms with Crippen molar-refractivity contribution in [2.24, 2.45) is 0 Å². The standard InChI is InChI=1S/C65H40N2O/c1-3-17-41(18-4-1)45-35-46(42-19-5-2-6-20-42)37-47(36-45)61-40-60(66-64(67-61)44-32-34-63-55(39-44)53-26-12-16-30-62(53)68-63)43-31-33-59-54(38-43)52-25-11-15-29-58(52)65(59)56-27-13-9-23-50(56)48-21-7-8-22-49(48)51-24-10-14-28-57(51)65/h1-40H. The number of para-hydroxylation sites is 1. The minimum Gasteiger partial charge on any atom is -0.456 e. The molecule has 0 aliphatic heterocycles. The molecule has 14 rings (SSSR count). The molecule has 0 saturated carbocycles. The fourth-order valence-electron chi connectivity index (χ4n) is 11.3. The van der Waals surface area contributed by atoms with Crippen molar-refractivity contribution < 1.29 is 4.42 Å². The van der Waals surface area contributed by atoms with Crippen LogP contribution in [0.3, 0.4) is 0 Å². The highest BCUT2D eigenvalue weighted by molar-refractivity contribution is 6.06. The summed E-state index contributed by atoms with van der Waals surface area (Å²) in [7, 11) is 0. The number of furan rings is 1. The van der Waals surface area contributed by atoms with Gasteiger partial charge >= 0.3 is 0 Å². The Kier molecular flexibility index (Phi) is 8.50. The monoisotopic (exact) mass is 864 g/mol. The van der Waals surface area contributed by atoms with E-state index in [9.17, 15) is 0 Å². The maximum atomic E-state index is 6.29. The van der Waals surface area contributed by atoms with Crippen LogP contribution in [-0.2, 0) is 5.41 Å². The Morgan fingerprint density at radius 2 is 0.721 bits per heavy atom. The Bertz CT molecular complexity index is 3850. The molecular weight excluding hydrogens is 825 g/mol. The summed E-state index contributed by atoms with van der Waals surface area (Å²) in [6.45, 7) is 0. The van der Waals surface area contributed by atoms with E-state index in [2.05, 4.69) is 231 Å². The molecule has 0 fully saturated rings. The Balaban J connectivity index is 1.02. The van der Waals surface area contributed by atoms with Gasteiger partial charge in [0.15, 0.2) is 5.82 Å². The summed E-state index contributed by atoms with van der Waals surface area (Å²) in [6.07, 6.45) is 0. The van der Waals surface area contributed by atoms with Crippen LogP contribution >= 0.6 is 0 Å². The smallest absolute Gasteiger partial charge is 0.160 e. The van der Waals surface area contributed by atoms with E-state index in [-0.39, 0.29) is 0 Å². The van der Waals surface area contributed by atoms with Gasteiger partial charge < -0.3 is 4.42 Å². The molecule has 0 atom stereocenters. The minimum atomic E-state index is -0.562.